The summed E-state index contributed by atoms with van der Waals surface area (Å²) in [5, 5.41) is 0. The minimum atomic E-state index is -0.235. The van der Waals surface area contributed by atoms with Gasteiger partial charge in [-0.05, 0) is 23.3 Å². The van der Waals surface area contributed by atoms with Crippen LogP contribution in [0.5, 0.6) is 5.75 Å². The van der Waals surface area contributed by atoms with Crippen LogP contribution in [0.1, 0.15) is 11.1 Å². The van der Waals surface area contributed by atoms with Crippen molar-refractivity contribution in [2.75, 3.05) is 39.9 Å². The lowest BCUT2D eigenvalue weighted by molar-refractivity contribution is 0.0889. The largest absolute Gasteiger partial charge is 0.493 e. The third-order valence-electron chi connectivity index (χ3n) is 4.64. The highest BCUT2D eigenvalue weighted by atomic mass is 16.5. The highest BCUT2D eigenvalue weighted by Gasteiger charge is 2.21. The molecule has 5 heteroatoms. The fourth-order valence-electron chi connectivity index (χ4n) is 3.10. The maximum absolute atomic E-state index is 11.5. The lowest BCUT2D eigenvalue weighted by Crippen LogP contribution is -2.48. The van der Waals surface area contributed by atoms with Gasteiger partial charge in [0.2, 0.25) is 0 Å². The zero-order valence-electron chi connectivity index (χ0n) is 15.3. The lowest BCUT2D eigenvalue weighted by atomic mass is 10.1. The van der Waals surface area contributed by atoms with Crippen LogP contribution in [0.2, 0.25) is 0 Å². The first-order chi connectivity index (χ1) is 12.7. The van der Waals surface area contributed by atoms with E-state index in [-0.39, 0.29) is 6.09 Å². The van der Waals surface area contributed by atoms with E-state index in [9.17, 15) is 4.79 Å². The molecular weight excluding hydrogens is 328 g/mol. The van der Waals surface area contributed by atoms with E-state index in [0.717, 1.165) is 31.8 Å². The van der Waals surface area contributed by atoms with Crippen molar-refractivity contribution in [3.63, 3.8) is 0 Å². The molecule has 5 nitrogen and oxygen atoms in total. The molecule has 1 saturated heterocycles. The van der Waals surface area contributed by atoms with Crippen LogP contribution in [0.25, 0.3) is 0 Å². The number of piperazine rings is 1. The molecule has 1 fully saturated rings. The van der Waals surface area contributed by atoms with Crippen molar-refractivity contribution in [1.29, 1.82) is 0 Å². The molecular formula is C21H26N2O3. The van der Waals surface area contributed by atoms with Crippen LogP contribution in [-0.2, 0) is 17.7 Å². The van der Waals surface area contributed by atoms with E-state index >= 15 is 0 Å². The Morgan fingerprint density at radius 2 is 1.62 bits per heavy atom. The summed E-state index contributed by atoms with van der Waals surface area (Å²) in [7, 11) is 1.43. The molecule has 1 aliphatic rings. The quantitative estimate of drug-likeness (QED) is 0.799. The average Bonchev–Trinajstić information content (AvgIpc) is 2.70. The maximum Gasteiger partial charge on any atom is 0.409 e. The van der Waals surface area contributed by atoms with Gasteiger partial charge < -0.3 is 14.4 Å². The van der Waals surface area contributed by atoms with Gasteiger partial charge >= 0.3 is 6.09 Å². The summed E-state index contributed by atoms with van der Waals surface area (Å²) in [4.78, 5) is 15.6. The van der Waals surface area contributed by atoms with E-state index in [2.05, 4.69) is 41.3 Å². The first-order valence-corrected chi connectivity index (χ1v) is 9.05. The summed E-state index contributed by atoms with van der Waals surface area (Å²) in [6, 6.07) is 18.7. The monoisotopic (exact) mass is 354 g/mol. The van der Waals surface area contributed by atoms with Crippen molar-refractivity contribution < 1.29 is 14.3 Å². The Labute approximate surface area is 155 Å². The first kappa shape index (κ1) is 18.3. The fourth-order valence-corrected chi connectivity index (χ4v) is 3.10. The third-order valence-corrected chi connectivity index (χ3v) is 4.64. The van der Waals surface area contributed by atoms with Gasteiger partial charge in [-0.15, -0.1) is 0 Å². The Balaban J connectivity index is 1.41. The summed E-state index contributed by atoms with van der Waals surface area (Å²) >= 11 is 0. The number of methoxy groups -OCH3 is 1. The molecule has 0 radical (unpaired) electrons. The number of benzene rings is 2. The Morgan fingerprint density at radius 3 is 2.27 bits per heavy atom. The molecule has 0 aliphatic carbocycles. The van der Waals surface area contributed by atoms with Crippen LogP contribution in [0.3, 0.4) is 0 Å². The van der Waals surface area contributed by atoms with Gasteiger partial charge in [-0.1, -0.05) is 42.5 Å². The van der Waals surface area contributed by atoms with E-state index < -0.39 is 0 Å². The van der Waals surface area contributed by atoms with Crippen LogP contribution in [-0.4, -0.2) is 55.8 Å². The van der Waals surface area contributed by atoms with Crippen LogP contribution < -0.4 is 4.74 Å². The minimum absolute atomic E-state index is 0.235. The van der Waals surface area contributed by atoms with Gasteiger partial charge in [0, 0.05) is 39.1 Å². The van der Waals surface area contributed by atoms with Crippen LogP contribution >= 0.6 is 0 Å². The summed E-state index contributed by atoms with van der Waals surface area (Å²) in [5.41, 5.74) is 2.54. The number of nitrogens with zero attached hydrogens (tertiary/aromatic N) is 2. The number of ether oxygens (including phenoxy) is 2. The van der Waals surface area contributed by atoms with E-state index in [1.807, 2.05) is 18.2 Å². The highest BCUT2D eigenvalue weighted by molar-refractivity contribution is 5.67. The molecule has 1 amide bonds. The molecule has 2 aromatic rings. The van der Waals surface area contributed by atoms with Crippen molar-refractivity contribution in [3.05, 3.63) is 65.7 Å². The SMILES string of the molecule is COC(=O)N1CCN(Cc2ccc(OCCc3ccccc3)cc2)CC1. The number of carbonyl (C=O) groups is 1. The first-order valence-electron chi connectivity index (χ1n) is 9.05. The number of hydrogen-bond acceptors (Lipinski definition) is 4. The molecule has 0 saturated carbocycles. The zero-order valence-corrected chi connectivity index (χ0v) is 15.3. The normalized spacial score (nSPS) is 14.9. The molecule has 3 rings (SSSR count). The molecule has 0 N–H and O–H groups in total. The van der Waals surface area contributed by atoms with Gasteiger partial charge in [0.15, 0.2) is 0 Å². The molecule has 0 atom stereocenters. The Morgan fingerprint density at radius 1 is 0.923 bits per heavy atom. The Kier molecular flexibility index (Phi) is 6.50. The summed E-state index contributed by atoms with van der Waals surface area (Å²) < 4.78 is 10.6. The molecule has 0 unspecified atom stereocenters. The molecule has 138 valence electrons. The maximum atomic E-state index is 11.5. The number of rotatable bonds is 6. The second kappa shape index (κ2) is 9.25. The summed E-state index contributed by atoms with van der Waals surface area (Å²) in [6.07, 6.45) is 0.675. The number of hydrogen-bond donors (Lipinski definition) is 0. The van der Waals surface area contributed by atoms with Gasteiger partial charge in [0.25, 0.3) is 0 Å². The number of carbonyl (C=O) groups excluding carboxylic acids is 1. The van der Waals surface area contributed by atoms with Crippen molar-refractivity contribution >= 4 is 6.09 Å². The van der Waals surface area contributed by atoms with E-state index in [0.29, 0.717) is 19.7 Å². The summed E-state index contributed by atoms with van der Waals surface area (Å²) in [6.45, 7) is 4.73. The van der Waals surface area contributed by atoms with Crippen molar-refractivity contribution in [2.24, 2.45) is 0 Å². The van der Waals surface area contributed by atoms with Gasteiger partial charge in [0.05, 0.1) is 13.7 Å². The van der Waals surface area contributed by atoms with Gasteiger partial charge in [-0.25, -0.2) is 4.79 Å². The predicted molar refractivity (Wildman–Crippen MR) is 101 cm³/mol. The second-order valence-electron chi connectivity index (χ2n) is 6.46. The van der Waals surface area contributed by atoms with Crippen LogP contribution in [0.15, 0.2) is 54.6 Å². The molecule has 1 aliphatic heterocycles. The van der Waals surface area contributed by atoms with Crippen molar-refractivity contribution in [2.45, 2.75) is 13.0 Å². The van der Waals surface area contributed by atoms with E-state index in [1.54, 1.807) is 4.90 Å². The molecule has 1 heterocycles. The van der Waals surface area contributed by atoms with Crippen molar-refractivity contribution in [1.82, 2.24) is 9.80 Å². The van der Waals surface area contributed by atoms with Gasteiger partial charge in [-0.3, -0.25) is 4.90 Å². The van der Waals surface area contributed by atoms with E-state index in [1.165, 1.54) is 18.2 Å². The number of amides is 1. The molecule has 0 spiro atoms. The molecule has 2 aromatic carbocycles. The molecule has 26 heavy (non-hydrogen) atoms. The van der Waals surface area contributed by atoms with Gasteiger partial charge in [0.1, 0.15) is 5.75 Å². The molecule has 0 bridgehead atoms. The Hall–Kier alpha value is -2.53. The van der Waals surface area contributed by atoms with Crippen LogP contribution in [0, 0.1) is 0 Å². The fraction of sp³-hybridized carbons (Fsp3) is 0.381. The standard InChI is InChI=1S/C21H26N2O3/c1-25-21(24)23-14-12-22(13-15-23)17-19-7-9-20(10-8-19)26-16-11-18-5-3-2-4-6-18/h2-10H,11-17H2,1H3. The van der Waals surface area contributed by atoms with Crippen LogP contribution in [0.4, 0.5) is 4.79 Å². The van der Waals surface area contributed by atoms with E-state index in [4.69, 9.17) is 9.47 Å². The predicted octanol–water partition coefficient (Wildman–Crippen LogP) is 3.19. The van der Waals surface area contributed by atoms with Crippen molar-refractivity contribution in [3.8, 4) is 5.75 Å². The third kappa shape index (κ3) is 5.23. The molecule has 0 aromatic heterocycles. The van der Waals surface area contributed by atoms with Gasteiger partial charge in [-0.2, -0.15) is 0 Å². The minimum Gasteiger partial charge on any atom is -0.493 e. The topological polar surface area (TPSA) is 42.0 Å². The lowest BCUT2D eigenvalue weighted by Gasteiger charge is -2.33. The highest BCUT2D eigenvalue weighted by Crippen LogP contribution is 2.15. The second-order valence-corrected chi connectivity index (χ2v) is 6.46. The Bertz CT molecular complexity index is 680. The zero-order chi connectivity index (χ0) is 18.2. The summed E-state index contributed by atoms with van der Waals surface area (Å²) in [5.74, 6) is 0.903. The smallest absolute Gasteiger partial charge is 0.409 e. The average molecular weight is 354 g/mol.